The Bertz CT molecular complexity index is 796. The summed E-state index contributed by atoms with van der Waals surface area (Å²) in [6.45, 7) is 8.45. The maximum Gasteiger partial charge on any atom is 0.242 e. The average molecular weight is 654 g/mol. The number of carbonyl (C=O) groups excluding carboxylic acids is 4. The molecule has 1 aliphatic heterocycles. The molecule has 268 valence electrons. The molecule has 1 aliphatic rings. The van der Waals surface area contributed by atoms with E-state index in [0.29, 0.717) is 78.5 Å². The summed E-state index contributed by atoms with van der Waals surface area (Å²) in [5.41, 5.74) is 0. The minimum Gasteiger partial charge on any atom is -0.379 e. The lowest BCUT2D eigenvalue weighted by Crippen LogP contribution is -2.46. The van der Waals surface area contributed by atoms with E-state index in [1.54, 1.807) is 4.90 Å². The monoisotopic (exact) mass is 653 g/mol. The fraction of sp³-hybridized carbons (Fsp3) is 0.889. The van der Waals surface area contributed by atoms with Crippen LogP contribution in [0.4, 0.5) is 0 Å². The molecule has 2 N–H and O–H groups in total. The highest BCUT2D eigenvalue weighted by Gasteiger charge is 2.33. The molecule has 0 aromatic carbocycles. The van der Waals surface area contributed by atoms with E-state index in [0.717, 1.165) is 25.7 Å². The molecule has 1 rings (SSSR count). The van der Waals surface area contributed by atoms with Gasteiger partial charge in [0.2, 0.25) is 17.7 Å². The summed E-state index contributed by atoms with van der Waals surface area (Å²) in [7, 11) is 0. The molecule has 0 saturated carbocycles. The second-order valence-corrected chi connectivity index (χ2v) is 12.6. The van der Waals surface area contributed by atoms with Crippen LogP contribution in [0.3, 0.4) is 0 Å². The number of nitrogens with one attached hydrogen (secondary N) is 2. The summed E-state index contributed by atoms with van der Waals surface area (Å²) in [6, 6.07) is -0.331. The van der Waals surface area contributed by atoms with Crippen molar-refractivity contribution in [3.05, 3.63) is 0 Å². The molecule has 0 spiro atoms. The number of carbonyl (C=O) groups is 4. The lowest BCUT2D eigenvalue weighted by Gasteiger charge is -2.24. The molecule has 10 heteroatoms. The number of rotatable bonds is 32. The Morgan fingerprint density at radius 3 is 1.65 bits per heavy atom. The fourth-order valence-electron chi connectivity index (χ4n) is 5.60. The SMILES string of the molecule is CCCCCCCCCCCCCCCC(=O)N1CCCC1C(=O)NCCCOCCOCCOCCCNC(=O)CCC(C)=O. The number of ketones is 1. The summed E-state index contributed by atoms with van der Waals surface area (Å²) in [5, 5.41) is 5.75. The summed E-state index contributed by atoms with van der Waals surface area (Å²) < 4.78 is 16.6. The van der Waals surface area contributed by atoms with Gasteiger partial charge < -0.3 is 34.5 Å². The number of unbranched alkanes of at least 4 members (excludes halogenated alkanes) is 12. The van der Waals surface area contributed by atoms with E-state index < -0.39 is 0 Å². The van der Waals surface area contributed by atoms with Gasteiger partial charge in [-0.1, -0.05) is 84.0 Å². The van der Waals surface area contributed by atoms with Gasteiger partial charge in [-0.05, 0) is 39.0 Å². The maximum absolute atomic E-state index is 12.8. The van der Waals surface area contributed by atoms with Crippen LogP contribution in [0.1, 0.15) is 142 Å². The van der Waals surface area contributed by atoms with Gasteiger partial charge in [0.25, 0.3) is 0 Å². The predicted octanol–water partition coefficient (Wildman–Crippen LogP) is 5.89. The van der Waals surface area contributed by atoms with Gasteiger partial charge >= 0.3 is 0 Å². The van der Waals surface area contributed by atoms with Crippen LogP contribution in [0.15, 0.2) is 0 Å². The largest absolute Gasteiger partial charge is 0.379 e. The van der Waals surface area contributed by atoms with Gasteiger partial charge in [0.05, 0.1) is 26.4 Å². The molecule has 10 nitrogen and oxygen atoms in total. The van der Waals surface area contributed by atoms with Crippen LogP contribution >= 0.6 is 0 Å². The molecule has 1 fully saturated rings. The smallest absolute Gasteiger partial charge is 0.242 e. The first kappa shape index (κ1) is 42.0. The molecular weight excluding hydrogens is 586 g/mol. The molecule has 1 heterocycles. The zero-order chi connectivity index (χ0) is 33.5. The Morgan fingerprint density at radius 2 is 1.11 bits per heavy atom. The van der Waals surface area contributed by atoms with E-state index in [-0.39, 0.29) is 42.4 Å². The third-order valence-corrected chi connectivity index (χ3v) is 8.37. The first-order valence-electron chi connectivity index (χ1n) is 18.5. The highest BCUT2D eigenvalue weighted by molar-refractivity contribution is 5.88. The molecule has 0 radical (unpaired) electrons. The van der Waals surface area contributed by atoms with Gasteiger partial charge in [-0.2, -0.15) is 0 Å². The van der Waals surface area contributed by atoms with E-state index in [4.69, 9.17) is 14.2 Å². The Balaban J connectivity index is 1.92. The number of hydrogen-bond donors (Lipinski definition) is 2. The third-order valence-electron chi connectivity index (χ3n) is 8.37. The number of Topliss-reactive ketones (excluding diaryl/α,β-unsaturated/α-hetero) is 1. The third kappa shape index (κ3) is 24.2. The van der Waals surface area contributed by atoms with Crippen molar-refractivity contribution in [2.75, 3.05) is 59.3 Å². The Labute approximate surface area is 279 Å². The second kappa shape index (κ2) is 30.3. The van der Waals surface area contributed by atoms with Gasteiger partial charge in [-0.25, -0.2) is 0 Å². The number of nitrogens with zero attached hydrogens (tertiary/aromatic N) is 1. The van der Waals surface area contributed by atoms with Crippen LogP contribution in [-0.2, 0) is 33.4 Å². The first-order chi connectivity index (χ1) is 22.5. The van der Waals surface area contributed by atoms with E-state index in [1.165, 1.54) is 77.6 Å². The zero-order valence-corrected chi connectivity index (χ0v) is 29.4. The topological polar surface area (TPSA) is 123 Å². The number of amides is 3. The van der Waals surface area contributed by atoms with E-state index in [9.17, 15) is 19.2 Å². The molecular formula is C36H67N3O7. The quantitative estimate of drug-likeness (QED) is 0.0868. The van der Waals surface area contributed by atoms with Crippen molar-refractivity contribution in [1.82, 2.24) is 15.5 Å². The van der Waals surface area contributed by atoms with Crippen LogP contribution in [0.5, 0.6) is 0 Å². The summed E-state index contributed by atoms with van der Waals surface area (Å²) >= 11 is 0. The normalized spacial score (nSPS) is 14.5. The molecule has 46 heavy (non-hydrogen) atoms. The molecule has 0 aromatic heterocycles. The lowest BCUT2D eigenvalue weighted by molar-refractivity contribution is -0.138. The van der Waals surface area contributed by atoms with E-state index in [1.807, 2.05) is 0 Å². The predicted molar refractivity (Wildman–Crippen MR) is 183 cm³/mol. The van der Waals surface area contributed by atoms with Crippen molar-refractivity contribution in [2.24, 2.45) is 0 Å². The Morgan fingerprint density at radius 1 is 0.609 bits per heavy atom. The van der Waals surface area contributed by atoms with Gasteiger partial charge in [0.15, 0.2) is 0 Å². The maximum atomic E-state index is 12.8. The molecule has 0 bridgehead atoms. The highest BCUT2D eigenvalue weighted by atomic mass is 16.5. The van der Waals surface area contributed by atoms with Crippen LogP contribution in [0, 0.1) is 0 Å². The van der Waals surface area contributed by atoms with Crippen molar-refractivity contribution >= 4 is 23.5 Å². The van der Waals surface area contributed by atoms with E-state index in [2.05, 4.69) is 17.6 Å². The van der Waals surface area contributed by atoms with Crippen LogP contribution in [0.2, 0.25) is 0 Å². The standard InChI is InChI=1S/C36H67N3O7/c1-3-4-5-6-7-8-9-10-11-12-13-14-15-20-35(42)39-25-16-19-33(39)36(43)38-24-18-27-45-29-31-46-30-28-44-26-17-23-37-34(41)22-21-32(2)40/h33H,3-31H2,1-2H3,(H,37,41)(H,38,43). The van der Waals surface area contributed by atoms with Gasteiger partial charge in [-0.15, -0.1) is 0 Å². The second-order valence-electron chi connectivity index (χ2n) is 12.6. The molecule has 1 saturated heterocycles. The Hall–Kier alpha value is -2.04. The molecule has 0 aromatic rings. The minimum atomic E-state index is -0.331. The Kier molecular flexibility index (Phi) is 27.7. The van der Waals surface area contributed by atoms with Crippen LogP contribution < -0.4 is 10.6 Å². The molecule has 1 unspecified atom stereocenters. The number of likely N-dealkylation sites (tertiary alicyclic amines) is 1. The molecule has 0 aliphatic carbocycles. The first-order valence-corrected chi connectivity index (χ1v) is 18.5. The van der Waals surface area contributed by atoms with Gasteiger partial charge in [0.1, 0.15) is 11.8 Å². The van der Waals surface area contributed by atoms with Gasteiger partial charge in [0, 0.05) is 52.1 Å². The minimum absolute atomic E-state index is 0.0171. The van der Waals surface area contributed by atoms with Gasteiger partial charge in [-0.3, -0.25) is 14.4 Å². The fourth-order valence-corrected chi connectivity index (χ4v) is 5.60. The van der Waals surface area contributed by atoms with Crippen molar-refractivity contribution in [2.45, 2.75) is 148 Å². The lowest BCUT2D eigenvalue weighted by atomic mass is 10.0. The summed E-state index contributed by atoms with van der Waals surface area (Å²) in [4.78, 5) is 49.7. The highest BCUT2D eigenvalue weighted by Crippen LogP contribution is 2.20. The summed E-state index contributed by atoms with van der Waals surface area (Å²) in [6.07, 6.45) is 20.8. The van der Waals surface area contributed by atoms with Crippen molar-refractivity contribution in [3.63, 3.8) is 0 Å². The van der Waals surface area contributed by atoms with Crippen molar-refractivity contribution < 1.29 is 33.4 Å². The van der Waals surface area contributed by atoms with Crippen LogP contribution in [0.25, 0.3) is 0 Å². The molecule has 1 atom stereocenters. The van der Waals surface area contributed by atoms with Crippen molar-refractivity contribution in [3.8, 4) is 0 Å². The summed E-state index contributed by atoms with van der Waals surface area (Å²) in [5.74, 6) is -0.0119. The number of ether oxygens (including phenoxy) is 3. The molecule has 3 amide bonds. The van der Waals surface area contributed by atoms with Crippen LogP contribution in [-0.4, -0.2) is 93.7 Å². The van der Waals surface area contributed by atoms with E-state index >= 15 is 0 Å². The zero-order valence-electron chi connectivity index (χ0n) is 29.4. The number of hydrogen-bond acceptors (Lipinski definition) is 7. The van der Waals surface area contributed by atoms with Crippen molar-refractivity contribution in [1.29, 1.82) is 0 Å². The average Bonchev–Trinajstić information content (AvgIpc) is 3.54.